The zero-order chi connectivity index (χ0) is 14.9. The minimum Gasteiger partial charge on any atom is -0.481 e. The fourth-order valence-electron chi connectivity index (χ4n) is 2.66. The maximum absolute atomic E-state index is 12.6. The quantitative estimate of drug-likeness (QED) is 0.668. The maximum atomic E-state index is 12.6. The van der Waals surface area contributed by atoms with Crippen molar-refractivity contribution in [2.75, 3.05) is 0 Å². The summed E-state index contributed by atoms with van der Waals surface area (Å²) < 4.78 is 0.902. The van der Waals surface area contributed by atoms with Crippen LogP contribution in [0.3, 0.4) is 0 Å². The average molecular weight is 337 g/mol. The fourth-order valence-corrected chi connectivity index (χ4v) is 2.92. The van der Waals surface area contributed by atoms with Crippen molar-refractivity contribution in [1.82, 2.24) is 0 Å². The Labute approximate surface area is 126 Å². The normalized spacial score (nSPS) is 22.8. The van der Waals surface area contributed by atoms with E-state index in [2.05, 4.69) is 15.9 Å². The van der Waals surface area contributed by atoms with Gasteiger partial charge in [0, 0.05) is 16.0 Å². The van der Waals surface area contributed by atoms with Crippen LogP contribution in [0.4, 0.5) is 0 Å². The van der Waals surface area contributed by atoms with E-state index in [4.69, 9.17) is 0 Å². The molecule has 0 spiro atoms. The summed E-state index contributed by atoms with van der Waals surface area (Å²) in [5.41, 5.74) is 2.81. The molecule has 0 amide bonds. The highest BCUT2D eigenvalue weighted by molar-refractivity contribution is 9.10. The summed E-state index contributed by atoms with van der Waals surface area (Å²) in [6.45, 7) is 3.93. The monoisotopic (exact) mass is 336 g/mol. The van der Waals surface area contributed by atoms with Gasteiger partial charge in [-0.3, -0.25) is 9.59 Å². The molecule has 0 fully saturated rings. The molecule has 4 heteroatoms. The first-order valence-corrected chi connectivity index (χ1v) is 7.37. The summed E-state index contributed by atoms with van der Waals surface area (Å²) in [5, 5.41) is 9.37. The van der Waals surface area contributed by atoms with Crippen LogP contribution in [0.25, 0.3) is 0 Å². The maximum Gasteiger partial charge on any atom is 0.307 e. The molecule has 0 aromatic heterocycles. The van der Waals surface area contributed by atoms with Crippen LogP contribution in [0.15, 0.2) is 39.9 Å². The predicted octanol–water partition coefficient (Wildman–Crippen LogP) is 4.08. The number of carbonyl (C=O) groups excluding carboxylic acids is 1. The highest BCUT2D eigenvalue weighted by Gasteiger charge is 2.37. The summed E-state index contributed by atoms with van der Waals surface area (Å²) in [7, 11) is 0. The first-order chi connectivity index (χ1) is 9.40. The number of aliphatic carboxylic acids is 1. The van der Waals surface area contributed by atoms with E-state index in [1.165, 1.54) is 0 Å². The van der Waals surface area contributed by atoms with Crippen molar-refractivity contribution in [2.24, 2.45) is 11.8 Å². The summed E-state index contributed by atoms with van der Waals surface area (Å²) >= 11 is 3.33. The Balaban J connectivity index is 2.31. The zero-order valence-electron chi connectivity index (χ0n) is 11.5. The highest BCUT2D eigenvalue weighted by Crippen LogP contribution is 2.36. The van der Waals surface area contributed by atoms with Gasteiger partial charge in [0.25, 0.3) is 0 Å². The number of rotatable bonds is 3. The number of hydrogen-bond acceptors (Lipinski definition) is 2. The van der Waals surface area contributed by atoms with Crippen molar-refractivity contribution in [3.05, 3.63) is 45.4 Å². The van der Waals surface area contributed by atoms with Crippen molar-refractivity contribution in [3.8, 4) is 0 Å². The van der Waals surface area contributed by atoms with Gasteiger partial charge in [0.1, 0.15) is 0 Å². The summed E-state index contributed by atoms with van der Waals surface area (Å²) in [6.07, 6.45) is 1.01. The van der Waals surface area contributed by atoms with E-state index in [0.29, 0.717) is 18.4 Å². The van der Waals surface area contributed by atoms with Gasteiger partial charge < -0.3 is 5.11 Å². The van der Waals surface area contributed by atoms with Crippen LogP contribution in [0.1, 0.15) is 37.0 Å². The number of ketones is 1. The lowest BCUT2D eigenvalue weighted by Crippen LogP contribution is -2.33. The summed E-state index contributed by atoms with van der Waals surface area (Å²) in [5.74, 6) is -2.03. The molecule has 1 aliphatic rings. The van der Waals surface area contributed by atoms with Gasteiger partial charge in [0.2, 0.25) is 0 Å². The third-order valence-electron chi connectivity index (χ3n) is 4.05. The summed E-state index contributed by atoms with van der Waals surface area (Å²) in [6, 6.07) is 7.09. The lowest BCUT2D eigenvalue weighted by atomic mass is 9.73. The number of carbonyl (C=O) groups is 2. The van der Waals surface area contributed by atoms with Gasteiger partial charge in [0.15, 0.2) is 5.78 Å². The van der Waals surface area contributed by atoms with Crippen molar-refractivity contribution < 1.29 is 14.7 Å². The SMILES string of the molecule is CC1=C(C)C[C@@H](C(=O)c2ccc(Br)cc2)[C@@H](C(=O)O)C1. The molecular formula is C16H17BrO3. The first kappa shape index (κ1) is 15.0. The van der Waals surface area contributed by atoms with E-state index >= 15 is 0 Å². The number of hydrogen-bond donors (Lipinski definition) is 1. The molecule has 0 radical (unpaired) electrons. The van der Waals surface area contributed by atoms with Crippen LogP contribution in [0.2, 0.25) is 0 Å². The standard InChI is InChI=1S/C16H17BrO3/c1-9-7-13(14(16(19)20)8-10(9)2)15(18)11-3-5-12(17)6-4-11/h3-6,13-14H,7-8H2,1-2H3,(H,19,20)/t13-,14+/m1/s1. The molecule has 1 aromatic rings. The Kier molecular flexibility index (Phi) is 4.43. The molecule has 0 saturated heterocycles. The largest absolute Gasteiger partial charge is 0.481 e. The molecular weight excluding hydrogens is 320 g/mol. The van der Waals surface area contributed by atoms with E-state index < -0.39 is 17.8 Å². The van der Waals surface area contributed by atoms with Crippen molar-refractivity contribution in [1.29, 1.82) is 0 Å². The molecule has 1 N–H and O–H groups in total. The Morgan fingerprint density at radius 3 is 2.05 bits per heavy atom. The lowest BCUT2D eigenvalue weighted by Gasteiger charge is -2.29. The van der Waals surface area contributed by atoms with Gasteiger partial charge in [-0.1, -0.05) is 39.2 Å². The van der Waals surface area contributed by atoms with Crippen molar-refractivity contribution in [2.45, 2.75) is 26.7 Å². The number of carboxylic acid groups (broad SMARTS) is 1. The van der Waals surface area contributed by atoms with Crippen LogP contribution >= 0.6 is 15.9 Å². The van der Waals surface area contributed by atoms with Crippen molar-refractivity contribution >= 4 is 27.7 Å². The Morgan fingerprint density at radius 2 is 1.55 bits per heavy atom. The van der Waals surface area contributed by atoms with Crippen molar-refractivity contribution in [3.63, 3.8) is 0 Å². The minimum atomic E-state index is -0.882. The molecule has 0 saturated carbocycles. The van der Waals surface area contributed by atoms with Gasteiger partial charge in [-0.2, -0.15) is 0 Å². The smallest absolute Gasteiger partial charge is 0.307 e. The minimum absolute atomic E-state index is 0.0725. The van der Waals surface area contributed by atoms with Crippen LogP contribution < -0.4 is 0 Å². The molecule has 20 heavy (non-hydrogen) atoms. The number of Topliss-reactive ketones (excluding diaryl/α,β-unsaturated/α-hetero) is 1. The number of halogens is 1. The first-order valence-electron chi connectivity index (χ1n) is 6.58. The Morgan fingerprint density at radius 1 is 1.05 bits per heavy atom. The topological polar surface area (TPSA) is 54.4 Å². The van der Waals surface area contributed by atoms with E-state index in [0.717, 1.165) is 15.6 Å². The molecule has 0 heterocycles. The van der Waals surface area contributed by atoms with Crippen LogP contribution in [-0.4, -0.2) is 16.9 Å². The van der Waals surface area contributed by atoms with Gasteiger partial charge >= 0.3 is 5.97 Å². The molecule has 0 aliphatic heterocycles. The summed E-state index contributed by atoms with van der Waals surface area (Å²) in [4.78, 5) is 24.0. The zero-order valence-corrected chi connectivity index (χ0v) is 13.1. The molecule has 0 unspecified atom stereocenters. The van der Waals surface area contributed by atoms with Crippen LogP contribution in [0, 0.1) is 11.8 Å². The third-order valence-corrected chi connectivity index (χ3v) is 4.58. The van der Waals surface area contributed by atoms with Crippen LogP contribution in [-0.2, 0) is 4.79 Å². The van der Waals surface area contributed by atoms with Gasteiger partial charge in [-0.15, -0.1) is 0 Å². The van der Waals surface area contributed by atoms with Gasteiger partial charge in [0.05, 0.1) is 5.92 Å². The molecule has 0 bridgehead atoms. The molecule has 1 aliphatic carbocycles. The lowest BCUT2D eigenvalue weighted by molar-refractivity contribution is -0.143. The number of allylic oxidation sites excluding steroid dienone is 2. The fraction of sp³-hybridized carbons (Fsp3) is 0.375. The van der Waals surface area contributed by atoms with E-state index in [-0.39, 0.29) is 5.78 Å². The van der Waals surface area contributed by atoms with Gasteiger partial charge in [-0.25, -0.2) is 0 Å². The number of benzene rings is 1. The van der Waals surface area contributed by atoms with Gasteiger partial charge in [-0.05, 0) is 38.8 Å². The molecule has 1 aromatic carbocycles. The third kappa shape index (κ3) is 3.01. The predicted molar refractivity (Wildman–Crippen MR) is 80.7 cm³/mol. The molecule has 3 nitrogen and oxygen atoms in total. The second-order valence-corrected chi connectivity index (χ2v) is 6.31. The van der Waals surface area contributed by atoms with E-state index in [9.17, 15) is 14.7 Å². The van der Waals surface area contributed by atoms with E-state index in [1.54, 1.807) is 24.3 Å². The number of carboxylic acids is 1. The molecule has 106 valence electrons. The Bertz CT molecular complexity index is 572. The molecule has 2 rings (SSSR count). The average Bonchev–Trinajstić information content (AvgIpc) is 2.41. The molecule has 2 atom stereocenters. The second-order valence-electron chi connectivity index (χ2n) is 5.39. The highest BCUT2D eigenvalue weighted by atomic mass is 79.9. The Hall–Kier alpha value is -1.42. The van der Waals surface area contributed by atoms with E-state index in [1.807, 2.05) is 13.8 Å². The van der Waals surface area contributed by atoms with Crippen LogP contribution in [0.5, 0.6) is 0 Å². The second kappa shape index (κ2) is 5.92.